The molecule has 2 aromatic rings. The molecule has 0 aliphatic carbocycles. The highest BCUT2D eigenvalue weighted by Crippen LogP contribution is 2.36. The summed E-state index contributed by atoms with van der Waals surface area (Å²) in [7, 11) is 0. The second kappa shape index (κ2) is 7.70. The number of aromatic nitrogens is 1. The number of amides is 1. The molecule has 138 valence electrons. The Hall–Kier alpha value is -2.66. The maximum absolute atomic E-state index is 12.5. The third-order valence-electron chi connectivity index (χ3n) is 3.31. The van der Waals surface area contributed by atoms with Crippen LogP contribution in [0.15, 0.2) is 46.5 Å². The average molecular weight is 386 g/mol. The standard InChI is InChI=1S/C15H13F3N4O3S/c16-15(17,18)9-2-4-14(21-7-9)26-12-3-1-8(5-11(12)22(24)25)10(19)6-13(20)23/h1-5,7,10H,6,19H2,(H2,20,23). The van der Waals surface area contributed by atoms with Gasteiger partial charge in [0, 0.05) is 24.7 Å². The number of alkyl halides is 3. The molecule has 1 heterocycles. The van der Waals surface area contributed by atoms with Crippen molar-refractivity contribution in [2.24, 2.45) is 11.5 Å². The van der Waals surface area contributed by atoms with Crippen LogP contribution in [0.2, 0.25) is 0 Å². The first-order valence-corrected chi connectivity index (χ1v) is 7.93. The van der Waals surface area contributed by atoms with E-state index in [1.165, 1.54) is 18.2 Å². The van der Waals surface area contributed by atoms with Gasteiger partial charge in [0.2, 0.25) is 5.91 Å². The summed E-state index contributed by atoms with van der Waals surface area (Å²) < 4.78 is 37.6. The van der Waals surface area contributed by atoms with Gasteiger partial charge in [0.1, 0.15) is 5.03 Å². The van der Waals surface area contributed by atoms with Gasteiger partial charge in [0.25, 0.3) is 5.69 Å². The molecule has 1 aromatic heterocycles. The molecule has 1 unspecified atom stereocenters. The Balaban J connectivity index is 2.29. The van der Waals surface area contributed by atoms with Crippen LogP contribution in [0.3, 0.4) is 0 Å². The van der Waals surface area contributed by atoms with E-state index < -0.39 is 28.6 Å². The van der Waals surface area contributed by atoms with Gasteiger partial charge in [-0.25, -0.2) is 4.98 Å². The van der Waals surface area contributed by atoms with Gasteiger partial charge in [0.05, 0.1) is 15.4 Å². The number of hydrogen-bond donors (Lipinski definition) is 2. The van der Waals surface area contributed by atoms with Crippen molar-refractivity contribution in [3.05, 3.63) is 57.8 Å². The van der Waals surface area contributed by atoms with Crippen molar-refractivity contribution >= 4 is 23.4 Å². The lowest BCUT2D eigenvalue weighted by Crippen LogP contribution is -2.20. The number of rotatable bonds is 6. The number of nitrogens with zero attached hydrogens (tertiary/aromatic N) is 2. The zero-order valence-corrected chi connectivity index (χ0v) is 13.9. The largest absolute Gasteiger partial charge is 0.417 e. The van der Waals surface area contributed by atoms with Crippen LogP contribution in [0, 0.1) is 10.1 Å². The Morgan fingerprint density at radius 1 is 1.31 bits per heavy atom. The summed E-state index contributed by atoms with van der Waals surface area (Å²) >= 11 is 0.844. The van der Waals surface area contributed by atoms with E-state index in [0.29, 0.717) is 11.8 Å². The van der Waals surface area contributed by atoms with Crippen molar-refractivity contribution in [1.82, 2.24) is 4.98 Å². The summed E-state index contributed by atoms with van der Waals surface area (Å²) in [5.74, 6) is -0.646. The second-order valence-corrected chi connectivity index (χ2v) is 6.31. The minimum atomic E-state index is -4.51. The van der Waals surface area contributed by atoms with E-state index in [2.05, 4.69) is 4.98 Å². The van der Waals surface area contributed by atoms with E-state index in [-0.39, 0.29) is 22.0 Å². The predicted octanol–water partition coefficient (Wildman–Crippen LogP) is 3.04. The lowest BCUT2D eigenvalue weighted by atomic mass is 10.0. The maximum Gasteiger partial charge on any atom is 0.417 e. The van der Waals surface area contributed by atoms with Crippen LogP contribution in [-0.2, 0) is 11.0 Å². The van der Waals surface area contributed by atoms with Crippen molar-refractivity contribution in [3.63, 3.8) is 0 Å². The van der Waals surface area contributed by atoms with Gasteiger partial charge in [0.15, 0.2) is 0 Å². The fourth-order valence-corrected chi connectivity index (χ4v) is 2.89. The molecule has 4 N–H and O–H groups in total. The summed E-state index contributed by atoms with van der Waals surface area (Å²) in [6.45, 7) is 0. The maximum atomic E-state index is 12.5. The van der Waals surface area contributed by atoms with Crippen LogP contribution in [0.4, 0.5) is 18.9 Å². The molecule has 0 bridgehead atoms. The Morgan fingerprint density at radius 2 is 2.00 bits per heavy atom. The number of benzene rings is 1. The Bertz CT molecular complexity index is 828. The van der Waals surface area contributed by atoms with E-state index in [4.69, 9.17) is 11.5 Å². The molecule has 2 rings (SSSR count). The minimum Gasteiger partial charge on any atom is -0.370 e. The molecular weight excluding hydrogens is 373 g/mol. The van der Waals surface area contributed by atoms with Gasteiger partial charge in [-0.1, -0.05) is 17.8 Å². The lowest BCUT2D eigenvalue weighted by molar-refractivity contribution is -0.387. The molecule has 11 heteroatoms. The highest BCUT2D eigenvalue weighted by molar-refractivity contribution is 7.99. The average Bonchev–Trinajstić information content (AvgIpc) is 2.54. The first kappa shape index (κ1) is 19.7. The number of pyridine rings is 1. The summed E-state index contributed by atoms with van der Waals surface area (Å²) in [5, 5.41) is 11.4. The molecule has 1 amide bonds. The van der Waals surface area contributed by atoms with Crippen LogP contribution in [-0.4, -0.2) is 15.8 Å². The van der Waals surface area contributed by atoms with Crippen LogP contribution in [0.25, 0.3) is 0 Å². The SMILES string of the molecule is NC(=O)CC(N)c1ccc(Sc2ccc(C(F)(F)F)cn2)c([N+](=O)[O-])c1. The Morgan fingerprint density at radius 3 is 2.50 bits per heavy atom. The number of nitro groups is 1. The molecule has 0 saturated carbocycles. The molecule has 0 saturated heterocycles. The third kappa shape index (κ3) is 4.92. The van der Waals surface area contributed by atoms with E-state index in [1.54, 1.807) is 0 Å². The van der Waals surface area contributed by atoms with Crippen LogP contribution in [0.5, 0.6) is 0 Å². The van der Waals surface area contributed by atoms with E-state index in [9.17, 15) is 28.1 Å². The van der Waals surface area contributed by atoms with E-state index >= 15 is 0 Å². The van der Waals surface area contributed by atoms with Gasteiger partial charge in [-0.15, -0.1) is 0 Å². The number of carbonyl (C=O) groups excluding carboxylic acids is 1. The normalized spacial score (nSPS) is 12.6. The molecule has 0 spiro atoms. The first-order chi connectivity index (χ1) is 12.1. The summed E-state index contributed by atoms with van der Waals surface area (Å²) in [6.07, 6.45) is -4.03. The van der Waals surface area contributed by atoms with Crippen molar-refractivity contribution in [2.45, 2.75) is 28.6 Å². The number of primary amides is 1. The smallest absolute Gasteiger partial charge is 0.370 e. The highest BCUT2D eigenvalue weighted by atomic mass is 32.2. The van der Waals surface area contributed by atoms with E-state index in [0.717, 1.165) is 23.9 Å². The van der Waals surface area contributed by atoms with Crippen molar-refractivity contribution in [2.75, 3.05) is 0 Å². The number of hydrogen-bond acceptors (Lipinski definition) is 6. The molecule has 1 atom stereocenters. The molecular formula is C15H13F3N4O3S. The number of nitro benzene ring substituents is 1. The highest BCUT2D eigenvalue weighted by Gasteiger charge is 2.30. The third-order valence-corrected chi connectivity index (χ3v) is 4.32. The topological polar surface area (TPSA) is 125 Å². The fourth-order valence-electron chi connectivity index (χ4n) is 2.05. The molecule has 0 radical (unpaired) electrons. The number of carbonyl (C=O) groups is 1. The Labute approximate surface area is 149 Å². The zero-order valence-electron chi connectivity index (χ0n) is 13.1. The molecule has 26 heavy (non-hydrogen) atoms. The Kier molecular flexibility index (Phi) is 5.83. The van der Waals surface area contributed by atoms with E-state index in [1.807, 2.05) is 0 Å². The van der Waals surface area contributed by atoms with Crippen molar-refractivity contribution < 1.29 is 22.9 Å². The van der Waals surface area contributed by atoms with Crippen LogP contribution < -0.4 is 11.5 Å². The van der Waals surface area contributed by atoms with Gasteiger partial charge in [-0.3, -0.25) is 14.9 Å². The minimum absolute atomic E-state index is 0.162. The first-order valence-electron chi connectivity index (χ1n) is 7.11. The number of halogens is 3. The molecule has 7 nitrogen and oxygen atoms in total. The van der Waals surface area contributed by atoms with Crippen molar-refractivity contribution in [3.8, 4) is 0 Å². The monoisotopic (exact) mass is 386 g/mol. The summed E-state index contributed by atoms with van der Waals surface area (Å²) in [5.41, 5.74) is 9.97. The molecule has 0 aliphatic rings. The quantitative estimate of drug-likeness (QED) is 0.581. The lowest BCUT2D eigenvalue weighted by Gasteiger charge is -2.11. The number of nitrogens with two attached hydrogens (primary N) is 2. The second-order valence-electron chi connectivity index (χ2n) is 5.25. The fraction of sp³-hybridized carbons (Fsp3) is 0.200. The van der Waals surface area contributed by atoms with Crippen LogP contribution in [0.1, 0.15) is 23.6 Å². The van der Waals surface area contributed by atoms with Crippen molar-refractivity contribution in [1.29, 1.82) is 0 Å². The van der Waals surface area contributed by atoms with Gasteiger partial charge in [-0.2, -0.15) is 13.2 Å². The van der Waals surface area contributed by atoms with Crippen LogP contribution >= 0.6 is 11.8 Å². The summed E-state index contributed by atoms with van der Waals surface area (Å²) in [6, 6.07) is 5.28. The van der Waals surface area contributed by atoms with Gasteiger partial charge < -0.3 is 11.5 Å². The predicted molar refractivity (Wildman–Crippen MR) is 87.2 cm³/mol. The molecule has 0 aliphatic heterocycles. The zero-order chi connectivity index (χ0) is 19.5. The molecule has 0 fully saturated rings. The summed E-state index contributed by atoms with van der Waals surface area (Å²) in [4.78, 5) is 25.4. The molecule has 1 aromatic carbocycles. The van der Waals surface area contributed by atoms with Gasteiger partial charge in [-0.05, 0) is 23.8 Å². The van der Waals surface area contributed by atoms with Gasteiger partial charge >= 0.3 is 6.18 Å².